The van der Waals surface area contributed by atoms with Crippen molar-refractivity contribution < 1.29 is 9.59 Å². The van der Waals surface area contributed by atoms with Crippen LogP contribution in [0.4, 0.5) is 11.4 Å². The molecule has 1 aromatic carbocycles. The minimum Gasteiger partial charge on any atom is -0.329 e. The lowest BCUT2D eigenvalue weighted by Gasteiger charge is -2.20. The van der Waals surface area contributed by atoms with Crippen LogP contribution in [-0.4, -0.2) is 24.9 Å². The van der Waals surface area contributed by atoms with Crippen molar-refractivity contribution >= 4 is 23.2 Å². The third-order valence-electron chi connectivity index (χ3n) is 4.54. The van der Waals surface area contributed by atoms with E-state index in [0.29, 0.717) is 13.0 Å². The number of amides is 2. The van der Waals surface area contributed by atoms with E-state index in [9.17, 15) is 9.59 Å². The number of rotatable bonds is 4. The van der Waals surface area contributed by atoms with Crippen molar-refractivity contribution in [1.29, 1.82) is 0 Å². The highest BCUT2D eigenvalue weighted by Crippen LogP contribution is 2.45. The number of nitrogens with one attached hydrogen (secondary N) is 1. The van der Waals surface area contributed by atoms with Gasteiger partial charge in [0.15, 0.2) is 0 Å². The lowest BCUT2D eigenvalue weighted by atomic mass is 10.1. The maximum Gasteiger partial charge on any atom is 0.231 e. The molecule has 3 N–H and O–H groups in total. The summed E-state index contributed by atoms with van der Waals surface area (Å²) in [6.45, 7) is 3.15. The Morgan fingerprint density at radius 3 is 2.71 bits per heavy atom. The van der Waals surface area contributed by atoms with Gasteiger partial charge in [-0.1, -0.05) is 0 Å². The number of nitrogens with two attached hydrogens (primary N) is 1. The van der Waals surface area contributed by atoms with E-state index in [0.717, 1.165) is 42.7 Å². The summed E-state index contributed by atoms with van der Waals surface area (Å²) in [4.78, 5) is 25.8. The second-order valence-corrected chi connectivity index (χ2v) is 6.09. The summed E-state index contributed by atoms with van der Waals surface area (Å²) in [5.41, 5.74) is 8.03. The van der Waals surface area contributed by atoms with Crippen molar-refractivity contribution in [2.75, 3.05) is 23.3 Å². The largest absolute Gasteiger partial charge is 0.329 e. The van der Waals surface area contributed by atoms with Crippen molar-refractivity contribution in [3.8, 4) is 0 Å². The number of carbonyl (C=O) groups excluding carboxylic acids is 2. The third-order valence-corrected chi connectivity index (χ3v) is 4.54. The Labute approximate surface area is 124 Å². The highest BCUT2D eigenvalue weighted by atomic mass is 16.2. The quantitative estimate of drug-likeness (QED) is 0.886. The molecule has 1 heterocycles. The van der Waals surface area contributed by atoms with Gasteiger partial charge >= 0.3 is 0 Å². The number of hydrogen-bond acceptors (Lipinski definition) is 3. The lowest BCUT2D eigenvalue weighted by Crippen LogP contribution is -2.31. The number of anilines is 2. The van der Waals surface area contributed by atoms with Crippen LogP contribution in [0.5, 0.6) is 0 Å². The van der Waals surface area contributed by atoms with Crippen LogP contribution in [0.15, 0.2) is 18.2 Å². The third kappa shape index (κ3) is 2.53. The van der Waals surface area contributed by atoms with Crippen LogP contribution in [-0.2, 0) is 9.59 Å². The highest BCUT2D eigenvalue weighted by Gasteiger charge is 2.48. The van der Waals surface area contributed by atoms with Crippen LogP contribution in [0.3, 0.4) is 0 Å². The minimum atomic E-state index is -0.350. The van der Waals surface area contributed by atoms with Crippen molar-refractivity contribution in [3.05, 3.63) is 23.8 Å². The zero-order valence-corrected chi connectivity index (χ0v) is 12.3. The van der Waals surface area contributed by atoms with Gasteiger partial charge in [-0.2, -0.15) is 0 Å². The van der Waals surface area contributed by atoms with E-state index in [4.69, 9.17) is 5.73 Å². The van der Waals surface area contributed by atoms with E-state index in [-0.39, 0.29) is 17.2 Å². The zero-order chi connectivity index (χ0) is 15.0. The van der Waals surface area contributed by atoms with E-state index in [1.807, 2.05) is 30.0 Å². The predicted octanol–water partition coefficient (Wildman–Crippen LogP) is 1.80. The van der Waals surface area contributed by atoms with Gasteiger partial charge in [0.25, 0.3) is 0 Å². The SMILES string of the molecule is Cc1cc(NC(=O)C2(CN)CC2)ccc1N1CCCC1=O. The molecule has 1 aliphatic carbocycles. The maximum atomic E-state index is 12.2. The minimum absolute atomic E-state index is 0.00870. The molecule has 2 aliphatic rings. The van der Waals surface area contributed by atoms with Crippen LogP contribution in [0.1, 0.15) is 31.2 Å². The van der Waals surface area contributed by atoms with Crippen molar-refractivity contribution in [2.45, 2.75) is 32.6 Å². The number of hydrogen-bond donors (Lipinski definition) is 2. The fourth-order valence-electron chi connectivity index (χ4n) is 2.88. The van der Waals surface area contributed by atoms with Crippen molar-refractivity contribution in [1.82, 2.24) is 0 Å². The second kappa shape index (κ2) is 5.15. The smallest absolute Gasteiger partial charge is 0.231 e. The summed E-state index contributed by atoms with van der Waals surface area (Å²) in [6.07, 6.45) is 3.27. The Morgan fingerprint density at radius 2 is 2.19 bits per heavy atom. The van der Waals surface area contributed by atoms with Crippen LogP contribution in [0.2, 0.25) is 0 Å². The Bertz CT molecular complexity index is 593. The molecule has 5 heteroatoms. The first kappa shape index (κ1) is 14.1. The number of nitrogens with zero attached hydrogens (tertiary/aromatic N) is 1. The number of aryl methyl sites for hydroxylation is 1. The van der Waals surface area contributed by atoms with E-state index in [2.05, 4.69) is 5.32 Å². The van der Waals surface area contributed by atoms with Gasteiger partial charge in [0.1, 0.15) is 0 Å². The number of carbonyl (C=O) groups is 2. The monoisotopic (exact) mass is 287 g/mol. The first-order chi connectivity index (χ1) is 10.1. The second-order valence-electron chi connectivity index (χ2n) is 6.09. The highest BCUT2D eigenvalue weighted by molar-refractivity contribution is 5.99. The molecule has 1 saturated heterocycles. The van der Waals surface area contributed by atoms with Gasteiger partial charge in [-0.05, 0) is 49.9 Å². The predicted molar refractivity (Wildman–Crippen MR) is 82.1 cm³/mol. The molecule has 21 heavy (non-hydrogen) atoms. The molecule has 0 bridgehead atoms. The Hall–Kier alpha value is -1.88. The van der Waals surface area contributed by atoms with Gasteiger partial charge in [0.2, 0.25) is 11.8 Å². The van der Waals surface area contributed by atoms with Gasteiger partial charge < -0.3 is 16.0 Å². The maximum absolute atomic E-state index is 12.2. The molecular weight excluding hydrogens is 266 g/mol. The molecule has 2 amide bonds. The van der Waals surface area contributed by atoms with E-state index >= 15 is 0 Å². The summed E-state index contributed by atoms with van der Waals surface area (Å²) in [7, 11) is 0. The van der Waals surface area contributed by atoms with Crippen LogP contribution in [0, 0.1) is 12.3 Å². The molecule has 1 saturated carbocycles. The Kier molecular flexibility index (Phi) is 3.45. The standard InChI is InChI=1S/C16H21N3O2/c1-11-9-12(18-15(21)16(10-17)6-7-16)4-5-13(11)19-8-2-3-14(19)20/h4-5,9H,2-3,6-8,10,17H2,1H3,(H,18,21). The van der Waals surface area contributed by atoms with Crippen LogP contribution < -0.4 is 16.0 Å². The molecule has 3 rings (SSSR count). The van der Waals surface area contributed by atoms with Gasteiger partial charge in [-0.15, -0.1) is 0 Å². The summed E-state index contributed by atoms with van der Waals surface area (Å²) < 4.78 is 0. The van der Waals surface area contributed by atoms with Crippen molar-refractivity contribution in [2.24, 2.45) is 11.1 Å². The van der Waals surface area contributed by atoms with Crippen LogP contribution in [0.25, 0.3) is 0 Å². The zero-order valence-electron chi connectivity index (χ0n) is 12.3. The van der Waals surface area contributed by atoms with Gasteiger partial charge in [0.05, 0.1) is 5.41 Å². The first-order valence-electron chi connectivity index (χ1n) is 7.48. The lowest BCUT2D eigenvalue weighted by molar-refractivity contribution is -0.120. The van der Waals surface area contributed by atoms with Gasteiger partial charge in [0, 0.05) is 30.9 Å². The topological polar surface area (TPSA) is 75.4 Å². The number of benzene rings is 1. The van der Waals surface area contributed by atoms with Gasteiger partial charge in [-0.3, -0.25) is 9.59 Å². The Balaban J connectivity index is 1.75. The molecule has 112 valence electrons. The molecule has 0 spiro atoms. The van der Waals surface area contributed by atoms with E-state index in [1.165, 1.54) is 0 Å². The molecule has 2 fully saturated rings. The summed E-state index contributed by atoms with van der Waals surface area (Å²) in [6, 6.07) is 5.69. The Morgan fingerprint density at radius 1 is 1.43 bits per heavy atom. The van der Waals surface area contributed by atoms with Crippen LogP contribution >= 0.6 is 0 Å². The molecule has 1 aliphatic heterocycles. The molecule has 5 nitrogen and oxygen atoms in total. The molecule has 1 aromatic rings. The van der Waals surface area contributed by atoms with Crippen molar-refractivity contribution in [3.63, 3.8) is 0 Å². The first-order valence-corrected chi connectivity index (χ1v) is 7.48. The summed E-state index contributed by atoms with van der Waals surface area (Å²) >= 11 is 0. The molecule has 0 radical (unpaired) electrons. The molecular formula is C16H21N3O2. The molecule has 0 aromatic heterocycles. The van der Waals surface area contributed by atoms with Gasteiger partial charge in [-0.25, -0.2) is 0 Å². The van der Waals surface area contributed by atoms with E-state index in [1.54, 1.807) is 0 Å². The average Bonchev–Trinajstić information content (AvgIpc) is 3.16. The normalized spacial score (nSPS) is 19.7. The molecule has 0 atom stereocenters. The molecule has 0 unspecified atom stereocenters. The average molecular weight is 287 g/mol. The summed E-state index contributed by atoms with van der Waals surface area (Å²) in [5.74, 6) is 0.185. The summed E-state index contributed by atoms with van der Waals surface area (Å²) in [5, 5.41) is 2.94. The van der Waals surface area contributed by atoms with E-state index < -0.39 is 0 Å². The fraction of sp³-hybridized carbons (Fsp3) is 0.500. The fourth-order valence-corrected chi connectivity index (χ4v) is 2.88.